The van der Waals surface area contributed by atoms with Crippen molar-refractivity contribution in [3.63, 3.8) is 0 Å². The summed E-state index contributed by atoms with van der Waals surface area (Å²) in [6.45, 7) is 2.17. The zero-order valence-corrected chi connectivity index (χ0v) is 11.8. The second-order valence-electron chi connectivity index (χ2n) is 3.89. The monoisotopic (exact) mass is 282 g/mol. The summed E-state index contributed by atoms with van der Waals surface area (Å²) in [6, 6.07) is 7.94. The molecule has 0 bridgehead atoms. The number of imidazole rings is 1. The second kappa shape index (κ2) is 7.24. The minimum absolute atomic E-state index is 0. The van der Waals surface area contributed by atoms with E-state index in [0.29, 0.717) is 0 Å². The van der Waals surface area contributed by atoms with E-state index in [1.165, 1.54) is 5.57 Å². The lowest BCUT2D eigenvalue weighted by Gasteiger charge is -2.09. The van der Waals surface area contributed by atoms with Gasteiger partial charge in [0, 0.05) is 23.6 Å². The molecule has 1 aromatic carbocycles. The Morgan fingerprint density at radius 2 is 2.17 bits per heavy atom. The van der Waals surface area contributed by atoms with E-state index in [4.69, 9.17) is 11.6 Å². The highest BCUT2D eigenvalue weighted by molar-refractivity contribution is 6.32. The molecule has 0 saturated carbocycles. The van der Waals surface area contributed by atoms with E-state index in [9.17, 15) is 0 Å². The number of benzene rings is 1. The van der Waals surface area contributed by atoms with Gasteiger partial charge in [-0.25, -0.2) is 4.98 Å². The molecule has 4 heteroatoms. The molecular formula is C14H16Cl2N2. The highest BCUT2D eigenvalue weighted by atomic mass is 35.5. The molecule has 2 aromatic rings. The van der Waals surface area contributed by atoms with Gasteiger partial charge in [-0.05, 0) is 23.6 Å². The number of halogens is 2. The maximum atomic E-state index is 6.23. The van der Waals surface area contributed by atoms with Crippen LogP contribution in [0.1, 0.15) is 25.3 Å². The summed E-state index contributed by atoms with van der Waals surface area (Å²) in [7, 11) is 0. The van der Waals surface area contributed by atoms with Crippen LogP contribution in [0.3, 0.4) is 0 Å². The predicted octanol–water partition coefficient (Wildman–Crippen LogP) is 4.76. The van der Waals surface area contributed by atoms with Crippen LogP contribution in [0.15, 0.2) is 43.0 Å². The van der Waals surface area contributed by atoms with Crippen molar-refractivity contribution in [3.05, 3.63) is 53.6 Å². The molecule has 0 aliphatic rings. The van der Waals surface area contributed by atoms with E-state index in [1.807, 2.05) is 29.0 Å². The Kier molecular flexibility index (Phi) is 5.96. The maximum absolute atomic E-state index is 6.23. The fourth-order valence-electron chi connectivity index (χ4n) is 1.79. The maximum Gasteiger partial charge on any atom is 0.0986 e. The quantitative estimate of drug-likeness (QED) is 0.791. The Bertz CT molecular complexity index is 504. The van der Waals surface area contributed by atoms with Gasteiger partial charge in [-0.15, -0.1) is 12.4 Å². The summed E-state index contributed by atoms with van der Waals surface area (Å²) in [6.07, 6.45) is 9.65. The lowest BCUT2D eigenvalue weighted by atomic mass is 10.0. The van der Waals surface area contributed by atoms with E-state index in [-0.39, 0.29) is 12.4 Å². The zero-order chi connectivity index (χ0) is 12.1. The van der Waals surface area contributed by atoms with Gasteiger partial charge < -0.3 is 4.57 Å². The first kappa shape index (κ1) is 14.8. The normalized spacial score (nSPS) is 11.1. The van der Waals surface area contributed by atoms with E-state index in [1.54, 1.807) is 12.5 Å². The molecule has 0 radical (unpaired) electrons. The topological polar surface area (TPSA) is 17.8 Å². The van der Waals surface area contributed by atoms with Crippen LogP contribution in [-0.2, 0) is 0 Å². The number of nitrogens with zero attached hydrogens (tertiary/aromatic N) is 2. The summed E-state index contributed by atoms with van der Waals surface area (Å²) in [5.74, 6) is 0. The van der Waals surface area contributed by atoms with Crippen molar-refractivity contribution in [2.24, 2.45) is 0 Å². The molecule has 0 N–H and O–H groups in total. The zero-order valence-electron chi connectivity index (χ0n) is 10.2. The first-order valence-corrected chi connectivity index (χ1v) is 6.12. The van der Waals surface area contributed by atoms with Crippen LogP contribution in [0.25, 0.3) is 11.8 Å². The largest absolute Gasteiger partial charge is 0.313 e. The first-order valence-electron chi connectivity index (χ1n) is 5.74. The molecule has 1 heterocycles. The van der Waals surface area contributed by atoms with E-state index < -0.39 is 0 Å². The predicted molar refractivity (Wildman–Crippen MR) is 80.0 cm³/mol. The third-order valence-corrected chi connectivity index (χ3v) is 2.90. The number of aromatic nitrogens is 2. The van der Waals surface area contributed by atoms with Crippen molar-refractivity contribution in [3.8, 4) is 0 Å². The number of hydrogen-bond donors (Lipinski definition) is 0. The summed E-state index contributed by atoms with van der Waals surface area (Å²) in [4.78, 5) is 4.04. The first-order chi connectivity index (χ1) is 8.31. The van der Waals surface area contributed by atoms with Crippen molar-refractivity contribution in [2.75, 3.05) is 0 Å². The Hall–Kier alpha value is -1.25. The lowest BCUT2D eigenvalue weighted by Crippen LogP contribution is -1.89. The molecule has 2 rings (SSSR count). The summed E-state index contributed by atoms with van der Waals surface area (Å²) in [5, 5.41) is 0.798. The van der Waals surface area contributed by atoms with Gasteiger partial charge >= 0.3 is 0 Å². The van der Waals surface area contributed by atoms with Gasteiger partial charge in [0.25, 0.3) is 0 Å². The fraction of sp³-hybridized carbons (Fsp3) is 0.214. The summed E-state index contributed by atoms with van der Waals surface area (Å²) >= 11 is 6.23. The lowest BCUT2D eigenvalue weighted by molar-refractivity contribution is 0.970. The molecular weight excluding hydrogens is 267 g/mol. The van der Waals surface area contributed by atoms with E-state index in [2.05, 4.69) is 24.2 Å². The molecule has 0 unspecified atom stereocenters. The number of allylic oxidation sites excluding steroid dienone is 1. The van der Waals surface area contributed by atoms with Gasteiger partial charge in [0.1, 0.15) is 0 Å². The summed E-state index contributed by atoms with van der Waals surface area (Å²) < 4.78 is 1.95. The molecule has 18 heavy (non-hydrogen) atoms. The van der Waals surface area contributed by atoms with Gasteiger partial charge in [0.2, 0.25) is 0 Å². The van der Waals surface area contributed by atoms with Crippen LogP contribution in [0.4, 0.5) is 0 Å². The van der Waals surface area contributed by atoms with Crippen molar-refractivity contribution >= 4 is 35.8 Å². The highest BCUT2D eigenvalue weighted by Gasteiger charge is 2.05. The molecule has 0 aliphatic carbocycles. The van der Waals surface area contributed by atoms with Crippen LogP contribution in [0, 0.1) is 0 Å². The standard InChI is InChI=1S/C14H15ClN2.ClH/c1-2-5-12(10-17-9-8-16-11-17)13-6-3-4-7-14(13)15;/h3-4,6-11H,2,5H2,1H3;1H. The molecule has 0 atom stereocenters. The van der Waals surface area contributed by atoms with Gasteiger partial charge in [-0.2, -0.15) is 0 Å². The smallest absolute Gasteiger partial charge is 0.0986 e. The van der Waals surface area contributed by atoms with Crippen LogP contribution >= 0.6 is 24.0 Å². The molecule has 2 nitrogen and oxygen atoms in total. The molecule has 0 fully saturated rings. The third-order valence-electron chi connectivity index (χ3n) is 2.57. The Balaban J connectivity index is 0.00000162. The average molecular weight is 283 g/mol. The molecule has 0 spiro atoms. The molecule has 1 aromatic heterocycles. The number of hydrogen-bond acceptors (Lipinski definition) is 1. The average Bonchev–Trinajstić information content (AvgIpc) is 2.82. The molecule has 0 saturated heterocycles. The van der Waals surface area contributed by atoms with Crippen molar-refractivity contribution in [1.29, 1.82) is 0 Å². The van der Waals surface area contributed by atoms with Gasteiger partial charge in [-0.3, -0.25) is 0 Å². The van der Waals surface area contributed by atoms with Crippen molar-refractivity contribution in [2.45, 2.75) is 19.8 Å². The van der Waals surface area contributed by atoms with Crippen molar-refractivity contribution in [1.82, 2.24) is 9.55 Å². The van der Waals surface area contributed by atoms with Gasteiger partial charge in [0.15, 0.2) is 0 Å². The summed E-state index contributed by atoms with van der Waals surface area (Å²) in [5.41, 5.74) is 2.33. The molecule has 96 valence electrons. The molecule has 0 aliphatic heterocycles. The van der Waals surface area contributed by atoms with Crippen LogP contribution < -0.4 is 0 Å². The Labute approximate surface area is 119 Å². The van der Waals surface area contributed by atoms with E-state index in [0.717, 1.165) is 23.4 Å². The third kappa shape index (κ3) is 3.62. The SMILES string of the molecule is CCCC(=Cn1ccnc1)c1ccccc1Cl.Cl. The van der Waals surface area contributed by atoms with Crippen LogP contribution in [-0.4, -0.2) is 9.55 Å². The van der Waals surface area contributed by atoms with Gasteiger partial charge in [0.05, 0.1) is 6.33 Å². The fourth-order valence-corrected chi connectivity index (χ4v) is 2.04. The Morgan fingerprint density at radius 3 is 2.78 bits per heavy atom. The minimum atomic E-state index is 0. The molecule has 0 amide bonds. The van der Waals surface area contributed by atoms with Gasteiger partial charge in [-0.1, -0.05) is 43.1 Å². The highest BCUT2D eigenvalue weighted by Crippen LogP contribution is 2.27. The van der Waals surface area contributed by atoms with E-state index >= 15 is 0 Å². The second-order valence-corrected chi connectivity index (χ2v) is 4.30. The van der Waals surface area contributed by atoms with Crippen molar-refractivity contribution < 1.29 is 0 Å². The Morgan fingerprint density at radius 1 is 1.39 bits per heavy atom. The number of rotatable bonds is 4. The van der Waals surface area contributed by atoms with Crippen LogP contribution in [0.2, 0.25) is 5.02 Å². The minimum Gasteiger partial charge on any atom is -0.313 e. The van der Waals surface area contributed by atoms with Crippen LogP contribution in [0.5, 0.6) is 0 Å².